The molecule has 0 spiro atoms. The van der Waals surface area contributed by atoms with E-state index in [9.17, 15) is 15.0 Å². The summed E-state index contributed by atoms with van der Waals surface area (Å²) in [6, 6.07) is 15.6. The van der Waals surface area contributed by atoms with E-state index in [0.717, 1.165) is 43.6 Å². The highest BCUT2D eigenvalue weighted by molar-refractivity contribution is 5.86. The quantitative estimate of drug-likeness (QED) is 0.354. The molecule has 2 bridgehead atoms. The number of carbonyl (C=O) groups is 1. The molecule has 1 amide bonds. The van der Waals surface area contributed by atoms with Crippen molar-refractivity contribution in [2.75, 3.05) is 19.6 Å². The molecule has 1 aromatic heterocycles. The predicted octanol–water partition coefficient (Wildman–Crippen LogP) is 6.07. The van der Waals surface area contributed by atoms with Crippen LogP contribution in [0.15, 0.2) is 42.5 Å². The zero-order valence-corrected chi connectivity index (χ0v) is 23.9. The number of rotatable bonds is 6. The highest BCUT2D eigenvalue weighted by Gasteiger charge is 2.54. The van der Waals surface area contributed by atoms with Gasteiger partial charge in [-0.1, -0.05) is 55.8 Å². The number of nitrogens with zero attached hydrogens (tertiary/aromatic N) is 2. The molecule has 2 heterocycles. The maximum absolute atomic E-state index is 11.8. The number of benzene rings is 2. The molecule has 3 aromatic rings. The van der Waals surface area contributed by atoms with Crippen LogP contribution in [0.25, 0.3) is 10.8 Å². The van der Waals surface area contributed by atoms with Gasteiger partial charge in [0.15, 0.2) is 11.8 Å². The topological polar surface area (TPSA) is 77.7 Å². The SMILES string of the molecule is CC(=O)NC1C2CC(c3c2c(O)n(C[C@H]2CCC[C@@H]2CN2CCC(c4cccc5ccccc45)CC2)c3O)C1C. The predicted molar refractivity (Wildman–Crippen MR) is 158 cm³/mol. The highest BCUT2D eigenvalue weighted by atomic mass is 16.3. The summed E-state index contributed by atoms with van der Waals surface area (Å²) >= 11 is 0. The van der Waals surface area contributed by atoms with Crippen molar-refractivity contribution in [1.29, 1.82) is 0 Å². The Labute approximate surface area is 237 Å². The molecule has 3 N–H and O–H groups in total. The van der Waals surface area contributed by atoms with Crippen LogP contribution in [0, 0.1) is 17.8 Å². The summed E-state index contributed by atoms with van der Waals surface area (Å²) in [5.74, 6) is 2.71. The summed E-state index contributed by atoms with van der Waals surface area (Å²) in [4.78, 5) is 14.5. The fraction of sp³-hybridized carbons (Fsp3) is 0.559. The molecular formula is C34H43N3O3. The van der Waals surface area contributed by atoms with E-state index in [1.165, 1.54) is 42.0 Å². The molecule has 40 heavy (non-hydrogen) atoms. The number of amides is 1. The summed E-state index contributed by atoms with van der Waals surface area (Å²) in [7, 11) is 0. The lowest BCUT2D eigenvalue weighted by Crippen LogP contribution is -2.40. The smallest absolute Gasteiger partial charge is 0.217 e. The second-order valence-electron chi connectivity index (χ2n) is 13.2. The Morgan fingerprint density at radius 1 is 0.900 bits per heavy atom. The molecule has 4 aliphatic rings. The molecule has 2 saturated carbocycles. The van der Waals surface area contributed by atoms with Gasteiger partial charge in [0.25, 0.3) is 0 Å². The van der Waals surface area contributed by atoms with Gasteiger partial charge >= 0.3 is 0 Å². The van der Waals surface area contributed by atoms with E-state index < -0.39 is 0 Å². The van der Waals surface area contributed by atoms with Gasteiger partial charge in [0.1, 0.15) is 0 Å². The molecule has 212 valence electrons. The Bertz CT molecular complexity index is 1420. The van der Waals surface area contributed by atoms with Crippen LogP contribution in [0.4, 0.5) is 0 Å². The maximum atomic E-state index is 11.8. The highest BCUT2D eigenvalue weighted by Crippen LogP contribution is 2.62. The van der Waals surface area contributed by atoms with E-state index in [4.69, 9.17) is 0 Å². The Morgan fingerprint density at radius 3 is 2.33 bits per heavy atom. The summed E-state index contributed by atoms with van der Waals surface area (Å²) in [6.45, 7) is 7.80. The maximum Gasteiger partial charge on any atom is 0.217 e. The molecule has 6 nitrogen and oxygen atoms in total. The average Bonchev–Trinajstić information content (AvgIpc) is 3.70. The van der Waals surface area contributed by atoms with E-state index >= 15 is 0 Å². The largest absolute Gasteiger partial charge is 0.494 e. The van der Waals surface area contributed by atoms with Gasteiger partial charge in [0.2, 0.25) is 5.91 Å². The molecule has 2 aromatic carbocycles. The number of nitrogens with one attached hydrogen (secondary N) is 1. The third-order valence-corrected chi connectivity index (χ3v) is 11.1. The van der Waals surface area contributed by atoms with Crippen LogP contribution in [0.2, 0.25) is 0 Å². The fourth-order valence-corrected chi connectivity index (χ4v) is 9.13. The summed E-state index contributed by atoms with van der Waals surface area (Å²) in [6.07, 6.45) is 6.90. The van der Waals surface area contributed by atoms with Gasteiger partial charge in [-0.2, -0.15) is 0 Å². The van der Waals surface area contributed by atoms with Gasteiger partial charge in [0.05, 0.1) is 0 Å². The van der Waals surface area contributed by atoms with E-state index in [-0.39, 0.29) is 41.5 Å². The Balaban J connectivity index is 1.02. The summed E-state index contributed by atoms with van der Waals surface area (Å²) in [5, 5.41) is 28.5. The first-order valence-corrected chi connectivity index (χ1v) is 15.5. The monoisotopic (exact) mass is 541 g/mol. The van der Waals surface area contributed by atoms with Crippen molar-refractivity contribution in [1.82, 2.24) is 14.8 Å². The van der Waals surface area contributed by atoms with Gasteiger partial charge in [-0.3, -0.25) is 9.36 Å². The van der Waals surface area contributed by atoms with E-state index in [0.29, 0.717) is 24.3 Å². The van der Waals surface area contributed by atoms with Crippen molar-refractivity contribution in [3.8, 4) is 11.8 Å². The summed E-state index contributed by atoms with van der Waals surface area (Å²) in [5.41, 5.74) is 3.35. The van der Waals surface area contributed by atoms with Crippen molar-refractivity contribution in [3.63, 3.8) is 0 Å². The third kappa shape index (κ3) is 4.22. The summed E-state index contributed by atoms with van der Waals surface area (Å²) < 4.78 is 1.81. The third-order valence-electron chi connectivity index (χ3n) is 11.1. The zero-order valence-electron chi connectivity index (χ0n) is 23.9. The second-order valence-corrected chi connectivity index (χ2v) is 13.2. The van der Waals surface area contributed by atoms with Crippen LogP contribution in [-0.4, -0.2) is 51.3 Å². The Hall–Kier alpha value is -2.99. The minimum atomic E-state index is -0.0240. The first-order valence-electron chi connectivity index (χ1n) is 15.5. The van der Waals surface area contributed by atoms with Crippen molar-refractivity contribution in [2.45, 2.75) is 82.7 Å². The van der Waals surface area contributed by atoms with Crippen LogP contribution in [0.1, 0.15) is 86.8 Å². The molecule has 3 fully saturated rings. The van der Waals surface area contributed by atoms with Gasteiger partial charge in [-0.25, -0.2) is 0 Å². The number of piperidine rings is 1. The van der Waals surface area contributed by atoms with Crippen molar-refractivity contribution < 1.29 is 15.0 Å². The molecule has 7 rings (SSSR count). The number of likely N-dealkylation sites (tertiary alicyclic amines) is 1. The molecule has 4 unspecified atom stereocenters. The van der Waals surface area contributed by atoms with Crippen LogP contribution in [0.5, 0.6) is 11.8 Å². The minimum Gasteiger partial charge on any atom is -0.494 e. The number of aromatic hydroxyl groups is 2. The minimum absolute atomic E-state index is 0.0240. The Morgan fingerprint density at radius 2 is 1.57 bits per heavy atom. The molecule has 6 heteroatoms. The van der Waals surface area contributed by atoms with Crippen LogP contribution in [-0.2, 0) is 11.3 Å². The number of hydrogen-bond acceptors (Lipinski definition) is 4. The standard InChI is InChI=1S/C34H43N3O3/c1-20-28-17-29(32(20)35-21(2)38)31-30(28)33(39)37(34(31)40)19-25-10-5-9-24(25)18-36-15-13-23(14-16-36)27-12-6-8-22-7-3-4-11-26(22)27/h3-4,6-8,11-12,20,23-25,28-29,32,39-40H,5,9-10,13-19H2,1-2H3,(H,35,38)/t20?,24-,25-,28?,29?,32?/m1/s1. The van der Waals surface area contributed by atoms with E-state index in [1.807, 2.05) is 4.57 Å². The fourth-order valence-electron chi connectivity index (χ4n) is 9.13. The number of carbonyl (C=O) groups excluding carboxylic acids is 1. The van der Waals surface area contributed by atoms with Gasteiger partial charge in [-0.15, -0.1) is 0 Å². The zero-order chi connectivity index (χ0) is 27.5. The lowest BCUT2D eigenvalue weighted by atomic mass is 9.82. The number of fused-ring (bicyclic) bond motifs is 6. The van der Waals surface area contributed by atoms with E-state index in [1.54, 1.807) is 6.92 Å². The average molecular weight is 542 g/mol. The first kappa shape index (κ1) is 25.9. The molecule has 1 saturated heterocycles. The second kappa shape index (κ2) is 10.1. The van der Waals surface area contributed by atoms with Crippen LogP contribution < -0.4 is 5.32 Å². The van der Waals surface area contributed by atoms with Crippen LogP contribution in [0.3, 0.4) is 0 Å². The molecule has 6 atom stereocenters. The number of aromatic nitrogens is 1. The first-order chi connectivity index (χ1) is 19.4. The molecule has 0 radical (unpaired) electrons. The molecular weight excluding hydrogens is 498 g/mol. The Kier molecular flexibility index (Phi) is 6.57. The van der Waals surface area contributed by atoms with Gasteiger partial charge < -0.3 is 20.4 Å². The molecule has 3 aliphatic carbocycles. The van der Waals surface area contributed by atoms with Crippen molar-refractivity contribution >= 4 is 16.7 Å². The lowest BCUT2D eigenvalue weighted by molar-refractivity contribution is -0.120. The number of hydrogen-bond donors (Lipinski definition) is 3. The molecule has 1 aliphatic heterocycles. The van der Waals surface area contributed by atoms with Crippen LogP contribution >= 0.6 is 0 Å². The van der Waals surface area contributed by atoms with Crippen molar-refractivity contribution in [2.24, 2.45) is 17.8 Å². The van der Waals surface area contributed by atoms with Gasteiger partial charge in [-0.05, 0) is 91.1 Å². The van der Waals surface area contributed by atoms with Crippen molar-refractivity contribution in [3.05, 3.63) is 59.2 Å². The normalized spacial score (nSPS) is 30.2. The van der Waals surface area contributed by atoms with E-state index in [2.05, 4.69) is 59.6 Å². The van der Waals surface area contributed by atoms with Gasteiger partial charge in [0, 0.05) is 43.1 Å². The lowest BCUT2D eigenvalue weighted by Gasteiger charge is -2.35.